The lowest BCUT2D eigenvalue weighted by Crippen LogP contribution is -2.45. The summed E-state index contributed by atoms with van der Waals surface area (Å²) in [6.07, 6.45) is -0.617. The average molecular weight is 747 g/mol. The number of nitrogens with one attached hydrogen (secondary N) is 2. The van der Waals surface area contributed by atoms with Gasteiger partial charge in [0.25, 0.3) is 0 Å². The summed E-state index contributed by atoms with van der Waals surface area (Å²) in [5.41, 5.74) is 10.3. The molecule has 2 atom stereocenters. The van der Waals surface area contributed by atoms with Crippen LogP contribution in [0.4, 0.5) is 17.1 Å². The number of hydrogen-bond acceptors (Lipinski definition) is 5. The van der Waals surface area contributed by atoms with Gasteiger partial charge in [0.2, 0.25) is 0 Å². The van der Waals surface area contributed by atoms with E-state index in [9.17, 15) is 0 Å². The van der Waals surface area contributed by atoms with Crippen molar-refractivity contribution in [2.24, 2.45) is 4.99 Å². The molecule has 2 unspecified atom stereocenters. The van der Waals surface area contributed by atoms with E-state index in [1.165, 1.54) is 21.9 Å². The fourth-order valence-corrected chi connectivity index (χ4v) is 8.47. The van der Waals surface area contributed by atoms with Crippen LogP contribution in [0, 0.1) is 0 Å². The molecule has 5 nitrogen and oxygen atoms in total. The van der Waals surface area contributed by atoms with Crippen molar-refractivity contribution in [1.29, 1.82) is 0 Å². The van der Waals surface area contributed by atoms with Crippen LogP contribution >= 0.6 is 0 Å². The van der Waals surface area contributed by atoms with Crippen LogP contribution in [-0.2, 0) is 0 Å². The third kappa shape index (κ3) is 6.06. The number of hydrogen-bond donors (Lipinski definition) is 2. The molecule has 0 radical (unpaired) electrons. The average Bonchev–Trinajstić information content (AvgIpc) is 3.69. The van der Waals surface area contributed by atoms with Crippen LogP contribution < -0.4 is 15.5 Å². The highest BCUT2D eigenvalue weighted by Crippen LogP contribution is 2.44. The van der Waals surface area contributed by atoms with Gasteiger partial charge in [-0.3, -0.25) is 5.32 Å². The number of aliphatic imine (C=N–C) groups is 1. The van der Waals surface area contributed by atoms with Gasteiger partial charge in [-0.05, 0) is 69.2 Å². The summed E-state index contributed by atoms with van der Waals surface area (Å²) < 4.78 is 7.02. The Bertz CT molecular complexity index is 3120. The first kappa shape index (κ1) is 33.8. The Morgan fingerprint density at radius 3 is 1.86 bits per heavy atom. The van der Waals surface area contributed by atoms with Crippen molar-refractivity contribution in [2.75, 3.05) is 4.90 Å². The van der Waals surface area contributed by atoms with Crippen LogP contribution in [0.25, 0.3) is 54.6 Å². The summed E-state index contributed by atoms with van der Waals surface area (Å²) in [6.45, 7) is 0. The van der Waals surface area contributed by atoms with E-state index in [4.69, 9.17) is 9.41 Å². The molecule has 0 fully saturated rings. The number of rotatable bonds is 7. The Hall–Kier alpha value is -7.47. The third-order valence-electron chi connectivity index (χ3n) is 11.3. The first-order valence-electron chi connectivity index (χ1n) is 19.8. The fourth-order valence-electron chi connectivity index (χ4n) is 8.47. The zero-order valence-corrected chi connectivity index (χ0v) is 31.6. The molecule has 276 valence electrons. The molecule has 0 spiro atoms. The van der Waals surface area contributed by atoms with Gasteiger partial charge < -0.3 is 14.6 Å². The molecule has 1 aliphatic rings. The highest BCUT2D eigenvalue weighted by atomic mass is 16.3. The molecule has 2 N–H and O–H groups in total. The molecule has 0 aliphatic carbocycles. The first-order valence-corrected chi connectivity index (χ1v) is 19.8. The number of nitrogens with zero attached hydrogens (tertiary/aromatic N) is 2. The molecule has 0 saturated carbocycles. The summed E-state index contributed by atoms with van der Waals surface area (Å²) in [7, 11) is 0. The Morgan fingerprint density at radius 2 is 1.09 bits per heavy atom. The molecule has 10 aromatic rings. The number of fused-ring (bicyclic) bond motifs is 6. The van der Waals surface area contributed by atoms with Gasteiger partial charge in [-0.2, -0.15) is 0 Å². The van der Waals surface area contributed by atoms with Crippen molar-refractivity contribution < 1.29 is 4.42 Å². The number of furan rings is 1. The molecule has 11 rings (SSSR count). The maximum absolute atomic E-state index is 7.02. The Morgan fingerprint density at radius 1 is 0.466 bits per heavy atom. The topological polar surface area (TPSA) is 52.8 Å². The van der Waals surface area contributed by atoms with Gasteiger partial charge in [0.1, 0.15) is 29.3 Å². The quantitative estimate of drug-likeness (QED) is 0.171. The fraction of sp³-hybridized carbons (Fsp3) is 0.0377. The van der Waals surface area contributed by atoms with E-state index in [0.717, 1.165) is 72.3 Å². The number of benzene rings is 9. The zero-order chi connectivity index (χ0) is 38.4. The monoisotopic (exact) mass is 746 g/mol. The van der Waals surface area contributed by atoms with E-state index in [-0.39, 0.29) is 12.3 Å². The van der Waals surface area contributed by atoms with Gasteiger partial charge in [-0.1, -0.05) is 164 Å². The Balaban J connectivity index is 1.15. The van der Waals surface area contributed by atoms with Gasteiger partial charge in [0.05, 0.1) is 5.69 Å². The van der Waals surface area contributed by atoms with Crippen LogP contribution in [0.5, 0.6) is 0 Å². The molecular formula is C53H38N4O. The van der Waals surface area contributed by atoms with E-state index >= 15 is 0 Å². The van der Waals surface area contributed by atoms with Crippen molar-refractivity contribution >= 4 is 66.4 Å². The molecule has 0 bridgehead atoms. The second kappa shape index (κ2) is 14.2. The second-order valence-electron chi connectivity index (χ2n) is 14.9. The standard InChI is InChI=1S/C53H38N4O/c1-4-14-35(15-5-1)37-24-28-42(29-25-37)57(43-30-26-36-16-10-11-22-41(36)32-43)44-33-47(49-46-31-27-38-17-12-13-23-45(38)50(46)58-48(49)34-44)53-55-51(39-18-6-2-7-19-39)54-52(56-53)40-20-8-3-9-21-40/h1-34,51,53,55H,(H,54,56). The summed E-state index contributed by atoms with van der Waals surface area (Å²) >= 11 is 0. The highest BCUT2D eigenvalue weighted by Gasteiger charge is 2.30. The molecule has 5 heteroatoms. The van der Waals surface area contributed by atoms with Gasteiger partial charge in [0, 0.05) is 44.7 Å². The van der Waals surface area contributed by atoms with Gasteiger partial charge in [0.15, 0.2) is 0 Å². The van der Waals surface area contributed by atoms with E-state index in [1.54, 1.807) is 0 Å². The van der Waals surface area contributed by atoms with Crippen molar-refractivity contribution in [1.82, 2.24) is 10.6 Å². The minimum atomic E-state index is -0.327. The van der Waals surface area contributed by atoms with E-state index in [0.29, 0.717) is 0 Å². The molecule has 0 amide bonds. The summed E-state index contributed by atoms with van der Waals surface area (Å²) in [4.78, 5) is 7.59. The van der Waals surface area contributed by atoms with Crippen LogP contribution in [-0.4, -0.2) is 5.84 Å². The summed E-state index contributed by atoms with van der Waals surface area (Å²) in [6, 6.07) is 72.9. The van der Waals surface area contributed by atoms with Crippen molar-refractivity contribution in [3.05, 3.63) is 223 Å². The van der Waals surface area contributed by atoms with Gasteiger partial charge >= 0.3 is 0 Å². The maximum atomic E-state index is 7.02. The molecule has 58 heavy (non-hydrogen) atoms. The molecule has 0 saturated heterocycles. The second-order valence-corrected chi connectivity index (χ2v) is 14.9. The number of anilines is 3. The molecule has 9 aromatic carbocycles. The smallest absolute Gasteiger partial charge is 0.143 e. The van der Waals surface area contributed by atoms with E-state index in [2.05, 4.69) is 210 Å². The van der Waals surface area contributed by atoms with Crippen molar-refractivity contribution in [3.63, 3.8) is 0 Å². The lowest BCUT2D eigenvalue weighted by atomic mass is 9.98. The number of amidine groups is 1. The Kier molecular flexibility index (Phi) is 8.30. The minimum Gasteiger partial charge on any atom is -0.455 e. The van der Waals surface area contributed by atoms with E-state index in [1.807, 2.05) is 12.1 Å². The largest absolute Gasteiger partial charge is 0.455 e. The molecule has 1 aromatic heterocycles. The normalized spacial score (nSPS) is 15.4. The third-order valence-corrected chi connectivity index (χ3v) is 11.3. The maximum Gasteiger partial charge on any atom is 0.143 e. The highest BCUT2D eigenvalue weighted by molar-refractivity contribution is 6.17. The van der Waals surface area contributed by atoms with Crippen LogP contribution in [0.3, 0.4) is 0 Å². The predicted octanol–water partition coefficient (Wildman–Crippen LogP) is 13.4. The predicted molar refractivity (Wildman–Crippen MR) is 240 cm³/mol. The van der Waals surface area contributed by atoms with Crippen LogP contribution in [0.15, 0.2) is 216 Å². The SMILES string of the molecule is c1ccc(C2=NC(c3ccccc3)NC(c3cc(N(c4ccc(-c5ccccc5)cc4)c4ccc5ccccc5c4)cc4oc5c6ccccc6ccc5c34)N2)cc1. The molecule has 2 heterocycles. The van der Waals surface area contributed by atoms with Gasteiger partial charge in [-0.15, -0.1) is 0 Å². The lowest BCUT2D eigenvalue weighted by Gasteiger charge is -2.33. The van der Waals surface area contributed by atoms with Gasteiger partial charge in [-0.25, -0.2) is 4.99 Å². The van der Waals surface area contributed by atoms with Crippen molar-refractivity contribution in [2.45, 2.75) is 12.3 Å². The molecular weight excluding hydrogens is 709 g/mol. The molecule has 1 aliphatic heterocycles. The van der Waals surface area contributed by atoms with Crippen LogP contribution in [0.1, 0.15) is 29.0 Å². The van der Waals surface area contributed by atoms with Crippen LogP contribution in [0.2, 0.25) is 0 Å². The summed E-state index contributed by atoms with van der Waals surface area (Å²) in [5.74, 6) is 0.831. The van der Waals surface area contributed by atoms with E-state index < -0.39 is 0 Å². The lowest BCUT2D eigenvalue weighted by molar-refractivity contribution is 0.411. The first-order chi connectivity index (χ1) is 28.7. The Labute approximate surface area is 336 Å². The minimum absolute atomic E-state index is 0.289. The van der Waals surface area contributed by atoms with Crippen molar-refractivity contribution in [3.8, 4) is 11.1 Å². The summed E-state index contributed by atoms with van der Waals surface area (Å²) in [5, 5.41) is 14.5. The zero-order valence-electron chi connectivity index (χ0n) is 31.6.